The van der Waals surface area contributed by atoms with E-state index < -0.39 is 0 Å². The monoisotopic (exact) mass is 669 g/mol. The molecule has 0 amide bonds. The summed E-state index contributed by atoms with van der Waals surface area (Å²) in [5.41, 5.74) is 5.28. The Morgan fingerprint density at radius 1 is 0.275 bits per heavy atom. The van der Waals surface area contributed by atoms with Gasteiger partial charge in [0.2, 0.25) is 0 Å². The topological polar surface area (TPSA) is 116 Å². The van der Waals surface area contributed by atoms with Crippen molar-refractivity contribution in [2.45, 2.75) is 59.3 Å². The molecule has 3 heterocycles. The third-order valence-electron chi connectivity index (χ3n) is 8.35. The third kappa shape index (κ3) is 7.43. The van der Waals surface area contributed by atoms with Gasteiger partial charge in [0.1, 0.15) is 17.5 Å². The highest BCUT2D eigenvalue weighted by molar-refractivity contribution is 5.71. The Morgan fingerprint density at radius 2 is 0.549 bits per heavy atom. The van der Waals surface area contributed by atoms with Crippen LogP contribution in [0, 0.1) is 0 Å². The van der Waals surface area contributed by atoms with Crippen LogP contribution >= 0.6 is 0 Å². The van der Waals surface area contributed by atoms with Gasteiger partial charge in [0.05, 0.1) is 0 Å². The second kappa shape index (κ2) is 14.4. The molecule has 3 aromatic heterocycles. The van der Waals surface area contributed by atoms with E-state index in [-0.39, 0.29) is 17.8 Å². The van der Waals surface area contributed by atoms with Crippen molar-refractivity contribution in [2.75, 3.05) is 0 Å². The van der Waals surface area contributed by atoms with Crippen molar-refractivity contribution in [3.63, 3.8) is 0 Å². The maximum atomic E-state index is 5.00. The summed E-state index contributed by atoms with van der Waals surface area (Å²) in [6, 6.07) is 36.0. The predicted molar refractivity (Wildman–Crippen MR) is 201 cm³/mol. The van der Waals surface area contributed by atoms with Gasteiger partial charge in [-0.3, -0.25) is 0 Å². The first-order valence-corrected chi connectivity index (χ1v) is 17.3. The first-order chi connectivity index (χ1) is 24.7. The fraction of sp³-hybridized carbons (Fsp3) is 0.214. The van der Waals surface area contributed by atoms with Gasteiger partial charge in [0, 0.05) is 51.1 Å². The second-order valence-corrected chi connectivity index (χ2v) is 13.4. The van der Waals surface area contributed by atoms with E-state index in [1.165, 1.54) is 0 Å². The van der Waals surface area contributed by atoms with E-state index in [1.807, 2.05) is 109 Å². The third-order valence-corrected chi connectivity index (χ3v) is 8.35. The molecule has 0 atom stereocenters. The second-order valence-electron chi connectivity index (χ2n) is 13.4. The zero-order chi connectivity index (χ0) is 35.5. The summed E-state index contributed by atoms with van der Waals surface area (Å²) in [6.45, 7) is 12.6. The Balaban J connectivity index is 1.30. The molecule has 0 aliphatic heterocycles. The molecule has 7 aromatic rings. The number of aromatic nitrogens is 9. The molecular weight excluding hydrogens is 631 g/mol. The molecule has 7 rings (SSSR count). The van der Waals surface area contributed by atoms with E-state index in [0.29, 0.717) is 34.9 Å². The average Bonchev–Trinajstić information content (AvgIpc) is 3.18. The highest BCUT2D eigenvalue weighted by atomic mass is 15.1. The quantitative estimate of drug-likeness (QED) is 0.148. The van der Waals surface area contributed by atoms with Crippen molar-refractivity contribution in [3.8, 4) is 68.3 Å². The summed E-state index contributed by atoms with van der Waals surface area (Å²) < 4.78 is 0. The molecule has 0 fully saturated rings. The van der Waals surface area contributed by atoms with E-state index in [4.69, 9.17) is 44.9 Å². The van der Waals surface area contributed by atoms with Crippen molar-refractivity contribution in [3.05, 3.63) is 127 Å². The Morgan fingerprint density at radius 3 is 0.922 bits per heavy atom. The normalized spacial score (nSPS) is 11.5. The van der Waals surface area contributed by atoms with E-state index >= 15 is 0 Å². The molecule has 0 radical (unpaired) electrons. The summed E-state index contributed by atoms with van der Waals surface area (Å²) in [4.78, 5) is 43.7. The minimum atomic E-state index is 0.145. The number of hydrogen-bond donors (Lipinski definition) is 0. The molecule has 9 nitrogen and oxygen atoms in total. The molecule has 0 unspecified atom stereocenters. The zero-order valence-electron chi connectivity index (χ0n) is 29.6. The molecule has 0 bridgehead atoms. The minimum Gasteiger partial charge on any atom is -0.217 e. The van der Waals surface area contributed by atoms with Gasteiger partial charge in [0.15, 0.2) is 34.9 Å². The van der Waals surface area contributed by atoms with Gasteiger partial charge < -0.3 is 0 Å². The molecule has 0 spiro atoms. The number of hydrogen-bond acceptors (Lipinski definition) is 9. The first-order valence-electron chi connectivity index (χ1n) is 17.3. The van der Waals surface area contributed by atoms with Gasteiger partial charge in [0.25, 0.3) is 0 Å². The lowest BCUT2D eigenvalue weighted by Crippen LogP contribution is -2.08. The summed E-state index contributed by atoms with van der Waals surface area (Å²) in [5, 5.41) is 0. The predicted octanol–water partition coefficient (Wildman–Crippen LogP) is 9.61. The minimum absolute atomic E-state index is 0.145. The Hall–Kier alpha value is -6.09. The number of rotatable bonds is 9. The van der Waals surface area contributed by atoms with E-state index in [9.17, 15) is 0 Å². The summed E-state index contributed by atoms with van der Waals surface area (Å²) >= 11 is 0. The summed E-state index contributed by atoms with van der Waals surface area (Å²) in [6.07, 6.45) is 0. The average molecular weight is 670 g/mol. The van der Waals surface area contributed by atoms with Gasteiger partial charge in [-0.25, -0.2) is 44.9 Å². The molecule has 0 aliphatic rings. The Kier molecular flexibility index (Phi) is 9.44. The largest absolute Gasteiger partial charge is 0.217 e. The van der Waals surface area contributed by atoms with E-state index in [2.05, 4.69) is 41.5 Å². The SMILES string of the molecule is CC(C)c1nc(-c2ccccc2)nc(-c2ccc(-c3nc(-c4ccccc4)nc(-c4cccc(-c5nc(C(C)C)nc(C(C)C)n5)c4)n3)cc2)n1. The van der Waals surface area contributed by atoms with Crippen LogP contribution < -0.4 is 0 Å². The highest BCUT2D eigenvalue weighted by Gasteiger charge is 2.17. The van der Waals surface area contributed by atoms with Crippen molar-refractivity contribution in [1.82, 2.24) is 44.9 Å². The fourth-order valence-electron chi connectivity index (χ4n) is 5.47. The van der Waals surface area contributed by atoms with Crippen molar-refractivity contribution in [1.29, 1.82) is 0 Å². The Bertz CT molecular complexity index is 2260. The van der Waals surface area contributed by atoms with E-state index in [1.54, 1.807) is 0 Å². The van der Waals surface area contributed by atoms with Crippen molar-refractivity contribution >= 4 is 0 Å². The van der Waals surface area contributed by atoms with Crippen LogP contribution in [0.3, 0.4) is 0 Å². The van der Waals surface area contributed by atoms with Gasteiger partial charge in [-0.1, -0.05) is 145 Å². The van der Waals surface area contributed by atoms with Crippen LogP contribution in [-0.4, -0.2) is 44.9 Å². The molecule has 0 saturated heterocycles. The number of benzene rings is 4. The lowest BCUT2D eigenvalue weighted by molar-refractivity contribution is 0.697. The fourth-order valence-corrected chi connectivity index (χ4v) is 5.47. The Labute approximate surface area is 298 Å². The molecule has 0 saturated carbocycles. The smallest absolute Gasteiger partial charge is 0.164 e. The number of nitrogens with zero attached hydrogens (tertiary/aromatic N) is 9. The van der Waals surface area contributed by atoms with Crippen LogP contribution in [0.1, 0.15) is 76.8 Å². The van der Waals surface area contributed by atoms with Crippen LogP contribution in [0.5, 0.6) is 0 Å². The van der Waals surface area contributed by atoms with Crippen molar-refractivity contribution < 1.29 is 0 Å². The van der Waals surface area contributed by atoms with Crippen LogP contribution in [0.15, 0.2) is 109 Å². The molecule has 9 heteroatoms. The maximum absolute atomic E-state index is 5.00. The van der Waals surface area contributed by atoms with Gasteiger partial charge in [-0.15, -0.1) is 0 Å². The highest BCUT2D eigenvalue weighted by Crippen LogP contribution is 2.30. The molecule has 252 valence electrons. The van der Waals surface area contributed by atoms with Gasteiger partial charge >= 0.3 is 0 Å². The van der Waals surface area contributed by atoms with Gasteiger partial charge in [-0.2, -0.15) is 0 Å². The lowest BCUT2D eigenvalue weighted by atomic mass is 10.1. The standard InChI is InChI=1S/C42H39N9/c1-25(2)34-43-35(26(3)4)47-41(46-34)32-18-13-19-33(24-32)42-50-38(29-16-11-8-12-17-29)49-40(51-42)31-22-20-30(21-23-31)39-45-36(27(5)6)44-37(48-39)28-14-9-7-10-15-28/h7-27H,1-6H3. The van der Waals surface area contributed by atoms with Crippen LogP contribution in [-0.2, 0) is 0 Å². The maximum Gasteiger partial charge on any atom is 0.164 e. The molecule has 51 heavy (non-hydrogen) atoms. The van der Waals surface area contributed by atoms with Crippen LogP contribution in [0.2, 0.25) is 0 Å². The summed E-state index contributed by atoms with van der Waals surface area (Å²) in [5.74, 6) is 6.41. The zero-order valence-corrected chi connectivity index (χ0v) is 29.6. The molecule has 4 aromatic carbocycles. The molecular formula is C42H39N9. The van der Waals surface area contributed by atoms with Crippen LogP contribution in [0.4, 0.5) is 0 Å². The first kappa shape index (κ1) is 33.4. The molecule has 0 aliphatic carbocycles. The molecule has 0 N–H and O–H groups in total. The van der Waals surface area contributed by atoms with Gasteiger partial charge in [-0.05, 0) is 6.07 Å². The van der Waals surface area contributed by atoms with Crippen LogP contribution in [0.25, 0.3) is 68.3 Å². The van der Waals surface area contributed by atoms with E-state index in [0.717, 1.165) is 50.9 Å². The van der Waals surface area contributed by atoms with Crippen molar-refractivity contribution in [2.24, 2.45) is 0 Å². The summed E-state index contributed by atoms with van der Waals surface area (Å²) in [7, 11) is 0. The lowest BCUT2D eigenvalue weighted by Gasteiger charge is -2.12.